The number of aryl methyl sites for hydroxylation is 1. The van der Waals surface area contributed by atoms with E-state index in [4.69, 9.17) is 4.52 Å². The fraction of sp³-hybridized carbons (Fsp3) is 0.556. The number of carbonyl (C=O) groups excluding carboxylic acids is 1. The largest absolute Gasteiger partial charge is 0.338 e. The predicted molar refractivity (Wildman–Crippen MR) is 55.6 cm³/mol. The molecule has 1 aromatic heterocycles. The minimum absolute atomic E-state index is 0.0886. The Kier molecular flexibility index (Phi) is 2.58. The van der Waals surface area contributed by atoms with E-state index in [1.165, 1.54) is 0 Å². The lowest BCUT2D eigenvalue weighted by Gasteiger charge is -2.09. The molecule has 2 heterocycles. The van der Waals surface area contributed by atoms with Gasteiger partial charge in [0.2, 0.25) is 11.8 Å². The molecule has 0 spiro atoms. The van der Waals surface area contributed by atoms with Crippen LogP contribution in [-0.4, -0.2) is 22.4 Å². The highest BCUT2D eigenvalue weighted by atomic mass is 79.9. The second-order valence-corrected chi connectivity index (χ2v) is 4.61. The standard InChI is InChI=1S/C9H11BrN2O2/c1-2-7-4-9(14-11-7)12-5-6(10)3-8(12)13/h4,6H,2-3,5H2,1H3. The third-order valence-electron chi connectivity index (χ3n) is 2.25. The molecule has 1 aliphatic heterocycles. The van der Waals surface area contributed by atoms with Crippen LogP contribution in [0, 0.1) is 0 Å². The smallest absolute Gasteiger partial charge is 0.234 e. The number of aromatic nitrogens is 1. The number of hydrogen-bond acceptors (Lipinski definition) is 3. The maximum Gasteiger partial charge on any atom is 0.234 e. The summed E-state index contributed by atoms with van der Waals surface area (Å²) in [7, 11) is 0. The van der Waals surface area contributed by atoms with E-state index in [9.17, 15) is 4.79 Å². The summed E-state index contributed by atoms with van der Waals surface area (Å²) in [6, 6.07) is 1.82. The van der Waals surface area contributed by atoms with Crippen LogP contribution < -0.4 is 4.90 Å². The van der Waals surface area contributed by atoms with Crippen LogP contribution in [0.1, 0.15) is 19.0 Å². The quantitative estimate of drug-likeness (QED) is 0.760. The molecule has 5 heteroatoms. The second-order valence-electron chi connectivity index (χ2n) is 3.32. The van der Waals surface area contributed by atoms with Gasteiger partial charge < -0.3 is 4.52 Å². The number of carbonyl (C=O) groups is 1. The number of hydrogen-bond donors (Lipinski definition) is 0. The summed E-state index contributed by atoms with van der Waals surface area (Å²) in [5.41, 5.74) is 0.880. The van der Waals surface area contributed by atoms with Crippen molar-refractivity contribution < 1.29 is 9.32 Å². The zero-order valence-electron chi connectivity index (χ0n) is 7.86. The molecule has 0 radical (unpaired) electrons. The van der Waals surface area contributed by atoms with Crippen molar-refractivity contribution >= 4 is 27.7 Å². The maximum absolute atomic E-state index is 11.5. The van der Waals surface area contributed by atoms with E-state index >= 15 is 0 Å². The Labute approximate surface area is 90.4 Å². The molecule has 76 valence electrons. The van der Waals surface area contributed by atoms with E-state index in [1.807, 2.05) is 13.0 Å². The van der Waals surface area contributed by atoms with Crippen LogP contribution in [-0.2, 0) is 11.2 Å². The van der Waals surface area contributed by atoms with Gasteiger partial charge in [-0.1, -0.05) is 28.0 Å². The molecule has 0 N–H and O–H groups in total. The Bertz CT molecular complexity index is 350. The van der Waals surface area contributed by atoms with E-state index in [0.717, 1.165) is 12.1 Å². The van der Waals surface area contributed by atoms with Crippen molar-refractivity contribution in [3.05, 3.63) is 11.8 Å². The van der Waals surface area contributed by atoms with Gasteiger partial charge in [-0.25, -0.2) is 0 Å². The van der Waals surface area contributed by atoms with Gasteiger partial charge in [-0.3, -0.25) is 9.69 Å². The summed E-state index contributed by atoms with van der Waals surface area (Å²) in [6.45, 7) is 2.66. The SMILES string of the molecule is CCc1cc(N2CC(Br)CC2=O)on1. The normalized spacial score (nSPS) is 22.0. The van der Waals surface area contributed by atoms with E-state index in [1.54, 1.807) is 4.90 Å². The highest BCUT2D eigenvalue weighted by Crippen LogP contribution is 2.25. The molecule has 4 nitrogen and oxygen atoms in total. The van der Waals surface area contributed by atoms with Crippen LogP contribution in [0.4, 0.5) is 5.88 Å². The molecule has 0 saturated carbocycles. The van der Waals surface area contributed by atoms with Crippen molar-refractivity contribution in [1.29, 1.82) is 0 Å². The van der Waals surface area contributed by atoms with Crippen LogP contribution in [0.2, 0.25) is 0 Å². The van der Waals surface area contributed by atoms with Crippen LogP contribution in [0.25, 0.3) is 0 Å². The second kappa shape index (κ2) is 3.73. The summed E-state index contributed by atoms with van der Waals surface area (Å²) >= 11 is 3.42. The predicted octanol–water partition coefficient (Wildman–Crippen LogP) is 1.74. The minimum atomic E-state index is 0.0886. The summed E-state index contributed by atoms with van der Waals surface area (Å²) in [6.07, 6.45) is 1.35. The average Bonchev–Trinajstić information content (AvgIpc) is 2.71. The van der Waals surface area contributed by atoms with Crippen molar-refractivity contribution in [2.75, 3.05) is 11.4 Å². The third-order valence-corrected chi connectivity index (χ3v) is 2.87. The topological polar surface area (TPSA) is 46.3 Å². The van der Waals surface area contributed by atoms with Crippen LogP contribution >= 0.6 is 15.9 Å². The first kappa shape index (κ1) is 9.71. The molecular weight excluding hydrogens is 248 g/mol. The van der Waals surface area contributed by atoms with Gasteiger partial charge in [0.05, 0.1) is 5.69 Å². The third kappa shape index (κ3) is 1.68. The Hall–Kier alpha value is -0.840. The Morgan fingerprint density at radius 2 is 2.57 bits per heavy atom. The molecule has 1 amide bonds. The summed E-state index contributed by atoms with van der Waals surface area (Å²) < 4.78 is 5.09. The van der Waals surface area contributed by atoms with Crippen LogP contribution in [0.3, 0.4) is 0 Å². The monoisotopic (exact) mass is 258 g/mol. The first-order chi connectivity index (χ1) is 6.70. The van der Waals surface area contributed by atoms with E-state index < -0.39 is 0 Å². The molecule has 1 aromatic rings. The molecule has 1 fully saturated rings. The summed E-state index contributed by atoms with van der Waals surface area (Å²) in [5, 5.41) is 3.85. The van der Waals surface area contributed by atoms with Gasteiger partial charge in [0, 0.05) is 23.9 Å². The van der Waals surface area contributed by atoms with Gasteiger partial charge in [0.1, 0.15) is 0 Å². The molecule has 0 aromatic carbocycles. The van der Waals surface area contributed by atoms with Crippen molar-refractivity contribution in [3.8, 4) is 0 Å². The van der Waals surface area contributed by atoms with Crippen LogP contribution in [0.15, 0.2) is 10.6 Å². The molecule has 1 aliphatic rings. The Morgan fingerprint density at radius 1 is 1.79 bits per heavy atom. The van der Waals surface area contributed by atoms with Gasteiger partial charge in [-0.15, -0.1) is 0 Å². The molecule has 0 bridgehead atoms. The average molecular weight is 259 g/mol. The van der Waals surface area contributed by atoms with E-state index in [2.05, 4.69) is 21.1 Å². The number of anilines is 1. The number of rotatable bonds is 2. The highest BCUT2D eigenvalue weighted by Gasteiger charge is 2.31. The van der Waals surface area contributed by atoms with Crippen molar-refractivity contribution in [3.63, 3.8) is 0 Å². The minimum Gasteiger partial charge on any atom is -0.338 e. The Balaban J connectivity index is 2.18. The molecule has 2 rings (SSSR count). The molecule has 1 atom stereocenters. The van der Waals surface area contributed by atoms with Crippen LogP contribution in [0.5, 0.6) is 0 Å². The highest BCUT2D eigenvalue weighted by molar-refractivity contribution is 9.09. The zero-order valence-corrected chi connectivity index (χ0v) is 9.45. The first-order valence-corrected chi connectivity index (χ1v) is 5.52. The van der Waals surface area contributed by atoms with Gasteiger partial charge in [0.15, 0.2) is 0 Å². The fourth-order valence-corrected chi connectivity index (χ4v) is 2.04. The lowest BCUT2D eigenvalue weighted by Crippen LogP contribution is -2.23. The lowest BCUT2D eigenvalue weighted by molar-refractivity contribution is -0.117. The molecular formula is C9H11BrN2O2. The zero-order chi connectivity index (χ0) is 10.1. The maximum atomic E-state index is 11.5. The van der Waals surface area contributed by atoms with Gasteiger partial charge in [-0.05, 0) is 6.42 Å². The van der Waals surface area contributed by atoms with E-state index in [0.29, 0.717) is 18.8 Å². The molecule has 0 aliphatic carbocycles. The molecule has 1 saturated heterocycles. The van der Waals surface area contributed by atoms with E-state index in [-0.39, 0.29) is 10.7 Å². The van der Waals surface area contributed by atoms with Crippen molar-refractivity contribution in [2.24, 2.45) is 0 Å². The first-order valence-electron chi connectivity index (χ1n) is 4.60. The molecule has 14 heavy (non-hydrogen) atoms. The van der Waals surface area contributed by atoms with Gasteiger partial charge in [-0.2, -0.15) is 0 Å². The van der Waals surface area contributed by atoms with Crippen molar-refractivity contribution in [2.45, 2.75) is 24.6 Å². The summed E-state index contributed by atoms with van der Waals surface area (Å²) in [5.74, 6) is 0.652. The Morgan fingerprint density at radius 3 is 3.07 bits per heavy atom. The fourth-order valence-electron chi connectivity index (χ4n) is 1.47. The number of nitrogens with zero attached hydrogens (tertiary/aromatic N) is 2. The number of amides is 1. The summed E-state index contributed by atoms with van der Waals surface area (Å²) in [4.78, 5) is 13.3. The molecule has 1 unspecified atom stereocenters. The van der Waals surface area contributed by atoms with Gasteiger partial charge >= 0.3 is 0 Å². The lowest BCUT2D eigenvalue weighted by atomic mass is 10.3. The van der Waals surface area contributed by atoms with Crippen molar-refractivity contribution in [1.82, 2.24) is 5.16 Å². The number of alkyl halides is 1. The van der Waals surface area contributed by atoms with Gasteiger partial charge in [0.25, 0.3) is 0 Å². The number of halogens is 1.